The highest BCUT2D eigenvalue weighted by Crippen LogP contribution is 2.23. The van der Waals surface area contributed by atoms with E-state index in [0.717, 1.165) is 11.1 Å². The third kappa shape index (κ3) is 4.39. The standard InChI is InChI=1S/C15H16N2O4/c18-9-11-3-1-10(2-4-11)8-16-15(21)17-12-5-13(19)7-14(20)6-12/h1-7,18-20H,8-9H2,(H2,16,17,21). The molecule has 0 aliphatic heterocycles. The maximum absolute atomic E-state index is 11.7. The van der Waals surface area contributed by atoms with Crippen LogP contribution < -0.4 is 10.6 Å². The molecular formula is C15H16N2O4. The van der Waals surface area contributed by atoms with Crippen LogP contribution in [0.15, 0.2) is 42.5 Å². The van der Waals surface area contributed by atoms with Crippen LogP contribution >= 0.6 is 0 Å². The Hall–Kier alpha value is -2.73. The first-order chi connectivity index (χ1) is 10.1. The van der Waals surface area contributed by atoms with Gasteiger partial charge in [-0.25, -0.2) is 4.79 Å². The first-order valence-corrected chi connectivity index (χ1v) is 6.33. The van der Waals surface area contributed by atoms with Gasteiger partial charge in [-0.3, -0.25) is 0 Å². The Morgan fingerprint density at radius 2 is 1.52 bits per heavy atom. The molecule has 0 spiro atoms. The lowest BCUT2D eigenvalue weighted by Crippen LogP contribution is -2.28. The fourth-order valence-electron chi connectivity index (χ4n) is 1.79. The fourth-order valence-corrected chi connectivity index (χ4v) is 1.79. The summed E-state index contributed by atoms with van der Waals surface area (Å²) in [5, 5.41) is 32.7. The van der Waals surface area contributed by atoms with Crippen molar-refractivity contribution in [2.75, 3.05) is 5.32 Å². The molecule has 0 saturated heterocycles. The third-order valence-electron chi connectivity index (χ3n) is 2.82. The number of rotatable bonds is 4. The van der Waals surface area contributed by atoms with Crippen LogP contribution in [0.1, 0.15) is 11.1 Å². The molecule has 2 aromatic rings. The van der Waals surface area contributed by atoms with Gasteiger partial charge in [0.05, 0.1) is 6.61 Å². The van der Waals surface area contributed by atoms with E-state index < -0.39 is 6.03 Å². The Labute approximate surface area is 121 Å². The van der Waals surface area contributed by atoms with E-state index in [1.54, 1.807) is 12.1 Å². The van der Waals surface area contributed by atoms with Crippen LogP contribution in [0.3, 0.4) is 0 Å². The molecule has 110 valence electrons. The minimum atomic E-state index is -0.453. The SMILES string of the molecule is O=C(NCc1ccc(CO)cc1)Nc1cc(O)cc(O)c1. The van der Waals surface area contributed by atoms with Crippen molar-refractivity contribution >= 4 is 11.7 Å². The lowest BCUT2D eigenvalue weighted by atomic mass is 10.1. The molecule has 0 saturated carbocycles. The van der Waals surface area contributed by atoms with Crippen molar-refractivity contribution in [3.63, 3.8) is 0 Å². The largest absolute Gasteiger partial charge is 0.508 e. The van der Waals surface area contributed by atoms with Crippen molar-refractivity contribution in [2.45, 2.75) is 13.2 Å². The molecule has 2 rings (SSSR count). The number of anilines is 1. The van der Waals surface area contributed by atoms with Gasteiger partial charge in [-0.1, -0.05) is 24.3 Å². The molecule has 0 aliphatic rings. The quantitative estimate of drug-likeness (QED) is 0.593. The van der Waals surface area contributed by atoms with Crippen molar-refractivity contribution in [1.29, 1.82) is 0 Å². The number of hydrogen-bond acceptors (Lipinski definition) is 4. The predicted octanol–water partition coefficient (Wildman–Crippen LogP) is 1.91. The Morgan fingerprint density at radius 3 is 2.10 bits per heavy atom. The van der Waals surface area contributed by atoms with Crippen LogP contribution in [-0.4, -0.2) is 21.4 Å². The molecule has 0 unspecified atom stereocenters. The Bertz CT molecular complexity index is 606. The molecule has 5 N–H and O–H groups in total. The van der Waals surface area contributed by atoms with Crippen LogP contribution in [0.4, 0.5) is 10.5 Å². The molecule has 2 aromatic carbocycles. The average Bonchev–Trinajstić information content (AvgIpc) is 2.44. The number of nitrogens with one attached hydrogen (secondary N) is 2. The summed E-state index contributed by atoms with van der Waals surface area (Å²) in [5.41, 5.74) is 1.99. The van der Waals surface area contributed by atoms with Gasteiger partial charge in [0.1, 0.15) is 11.5 Å². The molecule has 0 radical (unpaired) electrons. The molecule has 0 aromatic heterocycles. The number of carbonyl (C=O) groups is 1. The number of carbonyl (C=O) groups excluding carboxylic acids is 1. The number of benzene rings is 2. The molecule has 0 heterocycles. The van der Waals surface area contributed by atoms with Crippen LogP contribution in [-0.2, 0) is 13.2 Å². The lowest BCUT2D eigenvalue weighted by Gasteiger charge is -2.09. The Kier molecular flexibility index (Phi) is 4.63. The van der Waals surface area contributed by atoms with Gasteiger partial charge in [-0.15, -0.1) is 0 Å². The molecule has 0 aliphatic carbocycles. The van der Waals surface area contributed by atoms with E-state index in [2.05, 4.69) is 10.6 Å². The lowest BCUT2D eigenvalue weighted by molar-refractivity contribution is 0.251. The second-order valence-corrected chi connectivity index (χ2v) is 4.52. The van der Waals surface area contributed by atoms with Gasteiger partial charge < -0.3 is 26.0 Å². The molecule has 6 nitrogen and oxygen atoms in total. The highest BCUT2D eigenvalue weighted by atomic mass is 16.3. The monoisotopic (exact) mass is 288 g/mol. The molecule has 2 amide bonds. The first kappa shape index (κ1) is 14.7. The van der Waals surface area contributed by atoms with Gasteiger partial charge in [-0.05, 0) is 11.1 Å². The van der Waals surface area contributed by atoms with E-state index in [0.29, 0.717) is 12.2 Å². The number of amides is 2. The summed E-state index contributed by atoms with van der Waals surface area (Å²) in [6.45, 7) is 0.303. The van der Waals surface area contributed by atoms with E-state index >= 15 is 0 Å². The molecule has 6 heteroatoms. The summed E-state index contributed by atoms with van der Waals surface area (Å²) < 4.78 is 0. The van der Waals surface area contributed by atoms with Gasteiger partial charge in [0, 0.05) is 30.4 Å². The summed E-state index contributed by atoms with van der Waals surface area (Å²) in [6.07, 6.45) is 0. The van der Waals surface area contributed by atoms with Crippen molar-refractivity contribution in [1.82, 2.24) is 5.32 Å². The highest BCUT2D eigenvalue weighted by molar-refractivity contribution is 5.89. The van der Waals surface area contributed by atoms with Crippen LogP contribution in [0, 0.1) is 0 Å². The van der Waals surface area contributed by atoms with Gasteiger partial charge in [0.25, 0.3) is 0 Å². The molecule has 0 fully saturated rings. The first-order valence-electron chi connectivity index (χ1n) is 6.33. The topological polar surface area (TPSA) is 102 Å². The minimum Gasteiger partial charge on any atom is -0.508 e. The van der Waals surface area contributed by atoms with E-state index in [4.69, 9.17) is 5.11 Å². The number of urea groups is 1. The van der Waals surface area contributed by atoms with Crippen LogP contribution in [0.2, 0.25) is 0 Å². The number of aliphatic hydroxyl groups excluding tert-OH is 1. The zero-order valence-corrected chi connectivity index (χ0v) is 11.2. The van der Waals surface area contributed by atoms with Crippen LogP contribution in [0.25, 0.3) is 0 Å². The zero-order valence-electron chi connectivity index (χ0n) is 11.2. The Balaban J connectivity index is 1.89. The minimum absolute atomic E-state index is 0.0187. The zero-order chi connectivity index (χ0) is 15.2. The van der Waals surface area contributed by atoms with Crippen LogP contribution in [0.5, 0.6) is 11.5 Å². The summed E-state index contributed by atoms with van der Waals surface area (Å²) >= 11 is 0. The number of phenolic OH excluding ortho intramolecular Hbond substituents is 2. The fraction of sp³-hybridized carbons (Fsp3) is 0.133. The van der Waals surface area contributed by atoms with Crippen molar-refractivity contribution in [3.05, 3.63) is 53.6 Å². The molecule has 0 atom stereocenters. The second kappa shape index (κ2) is 6.62. The Morgan fingerprint density at radius 1 is 0.952 bits per heavy atom. The van der Waals surface area contributed by atoms with E-state index in [1.165, 1.54) is 18.2 Å². The van der Waals surface area contributed by atoms with Crippen molar-refractivity contribution < 1.29 is 20.1 Å². The smallest absolute Gasteiger partial charge is 0.319 e. The summed E-state index contributed by atoms with van der Waals surface area (Å²) in [4.78, 5) is 11.7. The molecule has 0 bridgehead atoms. The number of aliphatic hydroxyl groups is 1. The maximum Gasteiger partial charge on any atom is 0.319 e. The van der Waals surface area contributed by atoms with Gasteiger partial charge in [-0.2, -0.15) is 0 Å². The highest BCUT2D eigenvalue weighted by Gasteiger charge is 2.04. The van der Waals surface area contributed by atoms with E-state index in [-0.39, 0.29) is 18.1 Å². The third-order valence-corrected chi connectivity index (χ3v) is 2.82. The summed E-state index contributed by atoms with van der Waals surface area (Å²) in [6, 6.07) is 10.6. The van der Waals surface area contributed by atoms with E-state index in [9.17, 15) is 15.0 Å². The maximum atomic E-state index is 11.7. The van der Waals surface area contributed by atoms with Crippen molar-refractivity contribution in [2.24, 2.45) is 0 Å². The number of aromatic hydroxyl groups is 2. The van der Waals surface area contributed by atoms with E-state index in [1.807, 2.05) is 12.1 Å². The van der Waals surface area contributed by atoms with Gasteiger partial charge >= 0.3 is 6.03 Å². The average molecular weight is 288 g/mol. The summed E-state index contributed by atoms with van der Waals surface area (Å²) in [7, 11) is 0. The molecular weight excluding hydrogens is 272 g/mol. The normalized spacial score (nSPS) is 10.1. The molecule has 21 heavy (non-hydrogen) atoms. The second-order valence-electron chi connectivity index (χ2n) is 4.52. The number of phenols is 2. The summed E-state index contributed by atoms with van der Waals surface area (Å²) in [5.74, 6) is -0.269. The van der Waals surface area contributed by atoms with Crippen molar-refractivity contribution in [3.8, 4) is 11.5 Å². The van der Waals surface area contributed by atoms with Gasteiger partial charge in [0.15, 0.2) is 0 Å². The predicted molar refractivity (Wildman–Crippen MR) is 78.0 cm³/mol. The van der Waals surface area contributed by atoms with Gasteiger partial charge in [0.2, 0.25) is 0 Å². The number of hydrogen-bond donors (Lipinski definition) is 5.